The summed E-state index contributed by atoms with van der Waals surface area (Å²) in [6.07, 6.45) is 3.21. The maximum Gasteiger partial charge on any atom is 0.249 e. The Balaban J connectivity index is 1.40. The predicted octanol–water partition coefficient (Wildman–Crippen LogP) is 7.09. The van der Waals surface area contributed by atoms with Crippen LogP contribution in [0.25, 0.3) is 6.08 Å². The number of hydrogen-bond donors (Lipinski definition) is 1. The number of aromatic nitrogens is 2. The van der Waals surface area contributed by atoms with Gasteiger partial charge in [-0.05, 0) is 73.0 Å². The van der Waals surface area contributed by atoms with E-state index in [4.69, 9.17) is 32.7 Å². The van der Waals surface area contributed by atoms with Gasteiger partial charge < -0.3 is 14.8 Å². The lowest BCUT2D eigenvalue weighted by Crippen LogP contribution is -2.10. The van der Waals surface area contributed by atoms with Crippen molar-refractivity contribution in [3.8, 4) is 11.5 Å². The third-order valence-corrected chi connectivity index (χ3v) is 6.27. The summed E-state index contributed by atoms with van der Waals surface area (Å²) in [6.45, 7) is 4.74. The fraction of sp³-hybridized carbons (Fsp3) is 0.172. The molecule has 0 saturated heterocycles. The highest BCUT2D eigenvalue weighted by Crippen LogP contribution is 2.24. The second kappa shape index (κ2) is 12.0. The molecule has 0 fully saturated rings. The van der Waals surface area contributed by atoms with Crippen molar-refractivity contribution in [2.45, 2.75) is 27.0 Å². The van der Waals surface area contributed by atoms with E-state index >= 15 is 0 Å². The molecule has 0 aliphatic rings. The maximum atomic E-state index is 12.6. The van der Waals surface area contributed by atoms with Gasteiger partial charge in [-0.1, -0.05) is 47.5 Å². The summed E-state index contributed by atoms with van der Waals surface area (Å²) in [5, 5.41) is 8.44. The number of amides is 1. The molecule has 0 radical (unpaired) electrons. The molecule has 190 valence electrons. The average Bonchev–Trinajstić information content (AvgIpc) is 3.21. The van der Waals surface area contributed by atoms with Crippen LogP contribution in [0.4, 0.5) is 5.82 Å². The van der Waals surface area contributed by atoms with Crippen LogP contribution in [-0.2, 0) is 17.9 Å². The quantitative estimate of drug-likeness (QED) is 0.232. The average molecular weight is 536 g/mol. The Morgan fingerprint density at radius 3 is 2.62 bits per heavy atom. The number of methoxy groups -OCH3 is 1. The summed E-state index contributed by atoms with van der Waals surface area (Å²) >= 11 is 12.3. The number of nitrogens with one attached hydrogen (secondary N) is 1. The third kappa shape index (κ3) is 7.15. The molecule has 0 atom stereocenters. The standard InChI is InChI=1S/C29H27Cl2N3O3/c1-19-5-4-6-25(13-19)37-18-23-15-21(7-11-27(23)36-3)8-12-29(35)32-28-14-20(2)34(33-28)17-22-9-10-24(30)16-26(22)31/h4-16H,17-18H2,1-3H3,(H,32,33,35)/b12-8+. The largest absolute Gasteiger partial charge is 0.496 e. The highest BCUT2D eigenvalue weighted by atomic mass is 35.5. The Bertz CT molecular complexity index is 1450. The number of carbonyl (C=O) groups is 1. The van der Waals surface area contributed by atoms with E-state index in [1.807, 2.05) is 68.4 Å². The van der Waals surface area contributed by atoms with Crippen LogP contribution in [0.3, 0.4) is 0 Å². The Morgan fingerprint density at radius 1 is 1.03 bits per heavy atom. The van der Waals surface area contributed by atoms with Crippen molar-refractivity contribution in [3.63, 3.8) is 0 Å². The van der Waals surface area contributed by atoms with E-state index in [1.54, 1.807) is 30.0 Å². The van der Waals surface area contributed by atoms with Gasteiger partial charge in [0.1, 0.15) is 18.1 Å². The van der Waals surface area contributed by atoms with Gasteiger partial charge in [-0.25, -0.2) is 0 Å². The predicted molar refractivity (Wildman–Crippen MR) is 149 cm³/mol. The Morgan fingerprint density at radius 2 is 1.86 bits per heavy atom. The van der Waals surface area contributed by atoms with Crippen LogP contribution in [-0.4, -0.2) is 22.8 Å². The molecule has 0 spiro atoms. The number of ether oxygens (including phenoxy) is 2. The second-order valence-electron chi connectivity index (χ2n) is 8.56. The minimum atomic E-state index is -0.289. The Labute approximate surface area is 226 Å². The monoisotopic (exact) mass is 535 g/mol. The normalized spacial score (nSPS) is 11.1. The summed E-state index contributed by atoms with van der Waals surface area (Å²) in [5.74, 6) is 1.67. The molecule has 6 nitrogen and oxygen atoms in total. The molecule has 1 aromatic heterocycles. The number of hydrogen-bond acceptors (Lipinski definition) is 4. The molecule has 0 bridgehead atoms. The zero-order valence-corrected chi connectivity index (χ0v) is 22.3. The van der Waals surface area contributed by atoms with Crippen LogP contribution >= 0.6 is 23.2 Å². The lowest BCUT2D eigenvalue weighted by atomic mass is 10.1. The van der Waals surface area contributed by atoms with Crippen molar-refractivity contribution >= 4 is 41.0 Å². The molecule has 4 aromatic rings. The summed E-state index contributed by atoms with van der Waals surface area (Å²) in [6, 6.07) is 20.7. The maximum absolute atomic E-state index is 12.6. The van der Waals surface area contributed by atoms with E-state index in [1.165, 1.54) is 6.08 Å². The second-order valence-corrected chi connectivity index (χ2v) is 9.41. The molecule has 8 heteroatoms. The minimum absolute atomic E-state index is 0.289. The smallest absolute Gasteiger partial charge is 0.249 e. The van der Waals surface area contributed by atoms with Gasteiger partial charge in [0.2, 0.25) is 5.91 Å². The lowest BCUT2D eigenvalue weighted by Gasteiger charge is -2.11. The highest BCUT2D eigenvalue weighted by Gasteiger charge is 2.10. The van der Waals surface area contributed by atoms with Gasteiger partial charge in [-0.3, -0.25) is 9.48 Å². The van der Waals surface area contributed by atoms with E-state index in [0.29, 0.717) is 29.0 Å². The van der Waals surface area contributed by atoms with E-state index in [9.17, 15) is 4.79 Å². The van der Waals surface area contributed by atoms with Crippen molar-refractivity contribution < 1.29 is 14.3 Å². The van der Waals surface area contributed by atoms with Crippen LogP contribution in [0.15, 0.2) is 72.8 Å². The van der Waals surface area contributed by atoms with Crippen LogP contribution in [0.2, 0.25) is 10.0 Å². The first kappa shape index (κ1) is 26.3. The zero-order chi connectivity index (χ0) is 26.4. The summed E-state index contributed by atoms with van der Waals surface area (Å²) in [4.78, 5) is 12.6. The number of anilines is 1. The van der Waals surface area contributed by atoms with Crippen LogP contribution in [0.5, 0.6) is 11.5 Å². The Hall–Kier alpha value is -3.74. The SMILES string of the molecule is COc1ccc(/C=C/C(=O)Nc2cc(C)n(Cc3ccc(Cl)cc3Cl)n2)cc1COc1cccc(C)c1. The molecule has 37 heavy (non-hydrogen) atoms. The molecule has 1 N–H and O–H groups in total. The van der Waals surface area contributed by atoms with E-state index < -0.39 is 0 Å². The number of carbonyl (C=O) groups excluding carboxylic acids is 1. The molecule has 3 aromatic carbocycles. The summed E-state index contributed by atoms with van der Waals surface area (Å²) in [5.41, 5.74) is 4.62. The molecular formula is C29H27Cl2N3O3. The van der Waals surface area contributed by atoms with Crippen LogP contribution < -0.4 is 14.8 Å². The molecule has 1 amide bonds. The van der Waals surface area contributed by atoms with Gasteiger partial charge in [-0.15, -0.1) is 0 Å². The van der Waals surface area contributed by atoms with Crippen molar-refractivity contribution in [3.05, 3.63) is 111 Å². The molecule has 0 aliphatic carbocycles. The molecule has 1 heterocycles. The van der Waals surface area contributed by atoms with Gasteiger partial charge in [0, 0.05) is 33.4 Å². The lowest BCUT2D eigenvalue weighted by molar-refractivity contribution is -0.111. The molecular weight excluding hydrogens is 509 g/mol. The van der Waals surface area contributed by atoms with E-state index in [-0.39, 0.29) is 5.91 Å². The topological polar surface area (TPSA) is 65.4 Å². The van der Waals surface area contributed by atoms with Crippen LogP contribution in [0.1, 0.15) is 27.9 Å². The third-order valence-electron chi connectivity index (χ3n) is 5.68. The van der Waals surface area contributed by atoms with Gasteiger partial charge in [0.05, 0.1) is 13.7 Å². The minimum Gasteiger partial charge on any atom is -0.496 e. The first-order valence-corrected chi connectivity index (χ1v) is 12.4. The Kier molecular flexibility index (Phi) is 8.54. The molecule has 0 unspecified atom stereocenters. The van der Waals surface area contributed by atoms with Crippen molar-refractivity contribution in [2.75, 3.05) is 12.4 Å². The molecule has 4 rings (SSSR count). The first-order chi connectivity index (χ1) is 17.8. The number of rotatable bonds is 9. The highest BCUT2D eigenvalue weighted by molar-refractivity contribution is 6.35. The zero-order valence-electron chi connectivity index (χ0n) is 20.8. The van der Waals surface area contributed by atoms with Gasteiger partial charge >= 0.3 is 0 Å². The molecule has 0 aliphatic heterocycles. The fourth-order valence-electron chi connectivity index (χ4n) is 3.76. The number of nitrogens with zero attached hydrogens (tertiary/aromatic N) is 2. The summed E-state index contributed by atoms with van der Waals surface area (Å²) in [7, 11) is 1.62. The first-order valence-electron chi connectivity index (χ1n) is 11.6. The number of halogens is 2. The number of benzene rings is 3. The number of aryl methyl sites for hydroxylation is 2. The van der Waals surface area contributed by atoms with Gasteiger partial charge in [-0.2, -0.15) is 5.10 Å². The van der Waals surface area contributed by atoms with Crippen LogP contribution in [0, 0.1) is 13.8 Å². The molecule has 0 saturated carbocycles. The van der Waals surface area contributed by atoms with Crippen molar-refractivity contribution in [1.29, 1.82) is 0 Å². The van der Waals surface area contributed by atoms with Crippen molar-refractivity contribution in [1.82, 2.24) is 9.78 Å². The van der Waals surface area contributed by atoms with Crippen molar-refractivity contribution in [2.24, 2.45) is 0 Å². The van der Waals surface area contributed by atoms with E-state index in [2.05, 4.69) is 10.4 Å². The van der Waals surface area contributed by atoms with Gasteiger partial charge in [0.25, 0.3) is 0 Å². The van der Waals surface area contributed by atoms with E-state index in [0.717, 1.165) is 39.4 Å². The fourth-order valence-corrected chi connectivity index (χ4v) is 4.23. The van der Waals surface area contributed by atoms with Gasteiger partial charge in [0.15, 0.2) is 5.82 Å². The summed E-state index contributed by atoms with van der Waals surface area (Å²) < 4.78 is 13.2.